The molecule has 0 unspecified atom stereocenters. The molecule has 2 aliphatic rings. The maximum absolute atomic E-state index is 15.0. The van der Waals surface area contributed by atoms with Crippen LogP contribution < -0.4 is 10.5 Å². The van der Waals surface area contributed by atoms with Crippen molar-refractivity contribution in [3.05, 3.63) is 59.2 Å². The minimum atomic E-state index is -3.81. The summed E-state index contributed by atoms with van der Waals surface area (Å²) < 4.78 is 45.9. The van der Waals surface area contributed by atoms with Gasteiger partial charge >= 0.3 is 0 Å². The molecule has 1 saturated carbocycles. The van der Waals surface area contributed by atoms with Crippen LogP contribution in [-0.2, 0) is 22.0 Å². The number of rotatable bonds is 5. The lowest BCUT2D eigenvalue weighted by Crippen LogP contribution is -2.58. The number of halogens is 1. The van der Waals surface area contributed by atoms with Gasteiger partial charge in [0.05, 0.1) is 13.3 Å². The second-order valence-corrected chi connectivity index (χ2v) is 10.3. The first-order chi connectivity index (χ1) is 14.6. The molecule has 2 heterocycles. The summed E-state index contributed by atoms with van der Waals surface area (Å²) in [7, 11) is -0.961. The van der Waals surface area contributed by atoms with Crippen LogP contribution in [0.2, 0.25) is 0 Å². The molecule has 1 fully saturated rings. The predicted octanol–water partition coefficient (Wildman–Crippen LogP) is 1.99. The number of ketones is 1. The Bertz CT molecular complexity index is 1190. The molecule has 2 N–H and O–H groups in total. The Morgan fingerprint density at radius 1 is 1.29 bits per heavy atom. The van der Waals surface area contributed by atoms with Crippen LogP contribution in [-0.4, -0.2) is 48.4 Å². The largest absolute Gasteiger partial charge is 0.495 e. The molecule has 164 valence electrons. The Morgan fingerprint density at radius 2 is 2.00 bits per heavy atom. The number of sulfonamides is 1. The molecule has 0 bridgehead atoms. The zero-order chi connectivity index (χ0) is 22.6. The number of pyridine rings is 1. The highest BCUT2D eigenvalue weighted by Gasteiger charge is 2.70. The monoisotopic (exact) mass is 446 g/mol. The fourth-order valence-corrected chi connectivity index (χ4v) is 6.29. The number of carbonyl (C=O) groups is 1. The van der Waals surface area contributed by atoms with E-state index in [0.717, 1.165) is 4.31 Å². The van der Waals surface area contributed by atoms with Gasteiger partial charge in [-0.1, -0.05) is 6.07 Å². The second kappa shape index (κ2) is 7.01. The van der Waals surface area contributed by atoms with Gasteiger partial charge < -0.3 is 10.5 Å². The normalized spacial score (nSPS) is 23.4. The summed E-state index contributed by atoms with van der Waals surface area (Å²) >= 11 is 0. The van der Waals surface area contributed by atoms with Gasteiger partial charge in [-0.25, -0.2) is 27.1 Å². The number of aliphatic imine (C=N–C) groups is 1. The standard InChI is InChI=1S/C21H23FN4O4S/c1-20(21(8-9-21)31(28,29)26(2)19(23)25-20)15-10-13(4-6-16(15)22)11-18(27)17-7-5-14(30-3)12-24-17/h4-7,10,12H,8-9,11H2,1-3H3,(H2,23,25)/t20-/m1/s1. The minimum absolute atomic E-state index is 0.0263. The maximum atomic E-state index is 15.0. The van der Waals surface area contributed by atoms with E-state index in [4.69, 9.17) is 10.5 Å². The van der Waals surface area contributed by atoms with Gasteiger partial charge in [-0.3, -0.25) is 4.79 Å². The van der Waals surface area contributed by atoms with Crippen LogP contribution in [0.5, 0.6) is 5.75 Å². The smallest absolute Gasteiger partial charge is 0.245 e. The fourth-order valence-electron chi connectivity index (χ4n) is 4.20. The fraction of sp³-hybridized carbons (Fsp3) is 0.381. The second-order valence-electron chi connectivity index (χ2n) is 8.01. The number of Topliss-reactive ketones (excluding diaryl/α,β-unsaturated/α-hetero) is 1. The van der Waals surface area contributed by atoms with Crippen molar-refractivity contribution in [2.45, 2.75) is 36.5 Å². The third-order valence-electron chi connectivity index (χ3n) is 6.28. The number of ether oxygens (including phenoxy) is 1. The molecule has 2 aromatic rings. The van der Waals surface area contributed by atoms with Crippen LogP contribution in [0.1, 0.15) is 41.4 Å². The number of nitrogens with zero attached hydrogens (tertiary/aromatic N) is 3. The van der Waals surface area contributed by atoms with E-state index in [2.05, 4.69) is 9.98 Å². The molecule has 31 heavy (non-hydrogen) atoms. The molecule has 1 aliphatic carbocycles. The van der Waals surface area contributed by atoms with Crippen LogP contribution in [0.25, 0.3) is 0 Å². The van der Waals surface area contributed by atoms with Gasteiger partial charge in [0.2, 0.25) is 16.0 Å². The average molecular weight is 447 g/mol. The summed E-state index contributed by atoms with van der Waals surface area (Å²) in [6.07, 6.45) is 2.13. The molecule has 4 rings (SSSR count). The third kappa shape index (κ3) is 3.08. The number of hydrogen-bond acceptors (Lipinski definition) is 7. The van der Waals surface area contributed by atoms with Crippen LogP contribution >= 0.6 is 0 Å². The van der Waals surface area contributed by atoms with E-state index in [-0.39, 0.29) is 29.4 Å². The van der Waals surface area contributed by atoms with Crippen molar-refractivity contribution in [3.63, 3.8) is 0 Å². The number of hydrogen-bond donors (Lipinski definition) is 1. The summed E-state index contributed by atoms with van der Waals surface area (Å²) in [5, 5.41) is 0. The van der Waals surface area contributed by atoms with Gasteiger partial charge in [-0.2, -0.15) is 0 Å². The van der Waals surface area contributed by atoms with E-state index < -0.39 is 26.1 Å². The first-order valence-corrected chi connectivity index (χ1v) is 11.2. The Morgan fingerprint density at radius 3 is 2.58 bits per heavy atom. The van der Waals surface area contributed by atoms with Crippen LogP contribution in [0.3, 0.4) is 0 Å². The Balaban J connectivity index is 1.72. The highest BCUT2D eigenvalue weighted by molar-refractivity contribution is 7.91. The van der Waals surface area contributed by atoms with E-state index in [1.807, 2.05) is 0 Å². The van der Waals surface area contributed by atoms with E-state index in [9.17, 15) is 17.6 Å². The molecule has 8 nitrogen and oxygen atoms in total. The number of guanidine groups is 1. The summed E-state index contributed by atoms with van der Waals surface area (Å²) in [6.45, 7) is 1.59. The number of benzene rings is 1. The van der Waals surface area contributed by atoms with Gasteiger partial charge in [0.1, 0.15) is 27.5 Å². The molecule has 1 aliphatic heterocycles. The summed E-state index contributed by atoms with van der Waals surface area (Å²) in [4.78, 5) is 21.2. The summed E-state index contributed by atoms with van der Waals surface area (Å²) in [5.74, 6) is -0.514. The van der Waals surface area contributed by atoms with Crippen molar-refractivity contribution in [1.29, 1.82) is 0 Å². The zero-order valence-corrected chi connectivity index (χ0v) is 18.2. The molecule has 1 aromatic carbocycles. The molecule has 1 atom stereocenters. The number of nitrogens with two attached hydrogens (primary N) is 1. The van der Waals surface area contributed by atoms with Gasteiger partial charge in [0, 0.05) is 19.0 Å². The molecule has 1 spiro atoms. The third-order valence-corrected chi connectivity index (χ3v) is 8.99. The van der Waals surface area contributed by atoms with Crippen molar-refractivity contribution in [3.8, 4) is 5.75 Å². The predicted molar refractivity (Wildman–Crippen MR) is 113 cm³/mol. The molecule has 1 aromatic heterocycles. The SMILES string of the molecule is COc1ccc(C(=O)Cc2ccc(F)c([C@@]3(C)N=C(N)N(C)S(=O)(=O)C34CC4)c2)nc1. The number of aromatic nitrogens is 1. The van der Waals surface area contributed by atoms with Crippen molar-refractivity contribution in [2.24, 2.45) is 10.7 Å². The maximum Gasteiger partial charge on any atom is 0.245 e. The van der Waals surface area contributed by atoms with E-state index >= 15 is 0 Å². The van der Waals surface area contributed by atoms with Gasteiger partial charge in [-0.05, 0) is 49.6 Å². The lowest BCUT2D eigenvalue weighted by molar-refractivity contribution is 0.0988. The van der Waals surface area contributed by atoms with Gasteiger partial charge in [0.15, 0.2) is 5.78 Å². The first-order valence-electron chi connectivity index (χ1n) is 9.72. The molecule has 0 amide bonds. The summed E-state index contributed by atoms with van der Waals surface area (Å²) in [5.41, 5.74) is 5.38. The highest BCUT2D eigenvalue weighted by Crippen LogP contribution is 2.60. The summed E-state index contributed by atoms with van der Waals surface area (Å²) in [6, 6.07) is 7.43. The quantitative estimate of drug-likeness (QED) is 0.703. The van der Waals surface area contributed by atoms with E-state index in [1.54, 1.807) is 19.1 Å². The lowest BCUT2D eigenvalue weighted by Gasteiger charge is -2.42. The van der Waals surface area contributed by atoms with Crippen molar-refractivity contribution in [2.75, 3.05) is 14.2 Å². The number of carbonyl (C=O) groups excluding carboxylic acids is 1. The van der Waals surface area contributed by atoms with Gasteiger partial charge in [0.25, 0.3) is 0 Å². The van der Waals surface area contributed by atoms with Crippen molar-refractivity contribution >= 4 is 21.8 Å². The highest BCUT2D eigenvalue weighted by atomic mass is 32.2. The molecule has 0 radical (unpaired) electrons. The van der Waals surface area contributed by atoms with Gasteiger partial charge in [-0.15, -0.1) is 0 Å². The lowest BCUT2D eigenvalue weighted by atomic mass is 9.85. The van der Waals surface area contributed by atoms with Crippen molar-refractivity contribution < 1.29 is 22.3 Å². The molecular weight excluding hydrogens is 423 g/mol. The van der Waals surface area contributed by atoms with E-state index in [0.29, 0.717) is 24.2 Å². The number of methoxy groups -OCH3 is 1. The average Bonchev–Trinajstić information content (AvgIpc) is 3.56. The van der Waals surface area contributed by atoms with Crippen LogP contribution in [0, 0.1) is 5.82 Å². The molecule has 10 heteroatoms. The van der Waals surface area contributed by atoms with E-state index in [1.165, 1.54) is 38.6 Å². The Kier molecular flexibility index (Phi) is 4.80. The topological polar surface area (TPSA) is 115 Å². The minimum Gasteiger partial charge on any atom is -0.495 e. The van der Waals surface area contributed by atoms with Crippen LogP contribution in [0.4, 0.5) is 4.39 Å². The first kappa shape index (κ1) is 21.2. The Labute approximate surface area is 180 Å². The van der Waals surface area contributed by atoms with Crippen LogP contribution in [0.15, 0.2) is 41.5 Å². The molecule has 0 saturated heterocycles. The van der Waals surface area contributed by atoms with Crippen molar-refractivity contribution in [1.82, 2.24) is 9.29 Å². The zero-order valence-electron chi connectivity index (χ0n) is 17.4. The Hall–Kier alpha value is -3.01. The molecular formula is C21H23FN4O4S.